The van der Waals surface area contributed by atoms with Gasteiger partial charge in [0.25, 0.3) is 0 Å². The van der Waals surface area contributed by atoms with Gasteiger partial charge in [-0.15, -0.1) is 0 Å². The van der Waals surface area contributed by atoms with Crippen LogP contribution in [0.15, 0.2) is 48.5 Å². The third kappa shape index (κ3) is 2.63. The molecule has 5 nitrogen and oxygen atoms in total. The summed E-state index contributed by atoms with van der Waals surface area (Å²) >= 11 is 5.90. The van der Waals surface area contributed by atoms with E-state index in [1.165, 1.54) is 0 Å². The van der Waals surface area contributed by atoms with Gasteiger partial charge in [-0.3, -0.25) is 5.73 Å². The molecular weight excluding hydrogens is 302 g/mol. The number of carboxylic acid groups (broad SMARTS) is 1. The van der Waals surface area contributed by atoms with Crippen molar-refractivity contribution in [3.05, 3.63) is 59.1 Å². The van der Waals surface area contributed by atoms with Crippen LogP contribution in [0.3, 0.4) is 0 Å². The minimum atomic E-state index is -0.925. The van der Waals surface area contributed by atoms with Gasteiger partial charge in [0.1, 0.15) is 11.0 Å². The van der Waals surface area contributed by atoms with E-state index < -0.39 is 5.97 Å². The number of hydrogen-bond acceptors (Lipinski definition) is 2. The van der Waals surface area contributed by atoms with Gasteiger partial charge in [-0.25, -0.2) is 13.9 Å². The number of fused-ring (bicyclic) bond motifs is 1. The Morgan fingerprint density at radius 3 is 2.55 bits per heavy atom. The molecule has 22 heavy (non-hydrogen) atoms. The summed E-state index contributed by atoms with van der Waals surface area (Å²) in [5.41, 5.74) is 8.92. The Labute approximate surface area is 132 Å². The summed E-state index contributed by atoms with van der Waals surface area (Å²) in [6.07, 6.45) is 0. The summed E-state index contributed by atoms with van der Waals surface area (Å²) in [5, 5.41) is 9.76. The SMILES string of the molecule is Nc1n(CC(=O)O)c2ccccc2[n+]1Cc1ccc(Cl)cc1. The van der Waals surface area contributed by atoms with Crippen LogP contribution in [0.1, 0.15) is 5.56 Å². The molecule has 1 aromatic heterocycles. The number of halogens is 1. The van der Waals surface area contributed by atoms with Gasteiger partial charge in [0.05, 0.1) is 6.54 Å². The van der Waals surface area contributed by atoms with Gasteiger partial charge in [0.15, 0.2) is 6.54 Å². The number of carbonyl (C=O) groups is 1. The second-order valence-corrected chi connectivity index (χ2v) is 5.48. The van der Waals surface area contributed by atoms with Crippen LogP contribution in [0.5, 0.6) is 0 Å². The first-order valence-electron chi connectivity index (χ1n) is 6.79. The summed E-state index contributed by atoms with van der Waals surface area (Å²) < 4.78 is 3.51. The number of aliphatic carboxylic acids is 1. The van der Waals surface area contributed by atoms with Crippen molar-refractivity contribution in [2.24, 2.45) is 0 Å². The van der Waals surface area contributed by atoms with E-state index in [1.807, 2.05) is 53.1 Å². The monoisotopic (exact) mass is 316 g/mol. The zero-order valence-corrected chi connectivity index (χ0v) is 12.5. The maximum Gasteiger partial charge on any atom is 0.356 e. The molecule has 0 fully saturated rings. The van der Waals surface area contributed by atoms with Gasteiger partial charge >= 0.3 is 11.9 Å². The first-order chi connectivity index (χ1) is 10.6. The van der Waals surface area contributed by atoms with Gasteiger partial charge in [-0.2, -0.15) is 0 Å². The number of rotatable bonds is 4. The van der Waals surface area contributed by atoms with Crippen molar-refractivity contribution < 1.29 is 14.5 Å². The maximum absolute atomic E-state index is 11.1. The molecule has 3 N–H and O–H groups in total. The minimum Gasteiger partial charge on any atom is -0.479 e. The van der Waals surface area contributed by atoms with E-state index in [2.05, 4.69) is 0 Å². The van der Waals surface area contributed by atoms with Crippen LogP contribution in [0, 0.1) is 0 Å². The molecule has 0 atom stereocenters. The van der Waals surface area contributed by atoms with E-state index in [-0.39, 0.29) is 6.54 Å². The number of benzene rings is 2. The molecule has 3 rings (SSSR count). The fraction of sp³-hybridized carbons (Fsp3) is 0.125. The number of hydrogen-bond donors (Lipinski definition) is 2. The lowest BCUT2D eigenvalue weighted by molar-refractivity contribution is -0.648. The maximum atomic E-state index is 11.1. The number of imidazole rings is 1. The normalized spacial score (nSPS) is 11.0. The largest absolute Gasteiger partial charge is 0.479 e. The van der Waals surface area contributed by atoms with E-state index in [0.29, 0.717) is 17.5 Å². The van der Waals surface area contributed by atoms with Crippen LogP contribution in [-0.4, -0.2) is 15.6 Å². The third-order valence-electron chi connectivity index (χ3n) is 3.56. The number of nitrogens with zero attached hydrogens (tertiary/aromatic N) is 2. The molecule has 0 bridgehead atoms. The van der Waals surface area contributed by atoms with Crippen LogP contribution >= 0.6 is 11.6 Å². The first-order valence-corrected chi connectivity index (χ1v) is 7.17. The zero-order valence-electron chi connectivity index (χ0n) is 11.7. The van der Waals surface area contributed by atoms with Crippen molar-refractivity contribution in [2.75, 3.05) is 5.73 Å². The second kappa shape index (κ2) is 5.69. The fourth-order valence-corrected chi connectivity index (χ4v) is 2.68. The van der Waals surface area contributed by atoms with Crippen molar-refractivity contribution in [1.29, 1.82) is 0 Å². The molecule has 0 aliphatic rings. The summed E-state index contributed by atoms with van der Waals surface area (Å²) in [7, 11) is 0. The summed E-state index contributed by atoms with van der Waals surface area (Å²) in [6.45, 7) is 0.385. The Morgan fingerprint density at radius 2 is 1.86 bits per heavy atom. The minimum absolute atomic E-state index is 0.167. The van der Waals surface area contributed by atoms with Crippen LogP contribution in [0.4, 0.5) is 5.95 Å². The van der Waals surface area contributed by atoms with Crippen LogP contribution < -0.4 is 10.3 Å². The zero-order chi connectivity index (χ0) is 15.7. The van der Waals surface area contributed by atoms with Crippen LogP contribution in [0.25, 0.3) is 11.0 Å². The molecule has 6 heteroatoms. The fourth-order valence-electron chi connectivity index (χ4n) is 2.55. The highest BCUT2D eigenvalue weighted by Crippen LogP contribution is 2.17. The van der Waals surface area contributed by atoms with Gasteiger partial charge in [-0.05, 0) is 29.8 Å². The predicted molar refractivity (Wildman–Crippen MR) is 84.7 cm³/mol. The molecule has 1 heterocycles. The molecule has 0 amide bonds. The van der Waals surface area contributed by atoms with Crippen LogP contribution in [0.2, 0.25) is 5.02 Å². The Balaban J connectivity index is 2.10. The molecule has 112 valence electrons. The van der Waals surface area contributed by atoms with Gasteiger partial charge in [0, 0.05) is 5.02 Å². The molecule has 2 aromatic carbocycles. The van der Waals surface area contributed by atoms with Gasteiger partial charge in [0.2, 0.25) is 0 Å². The lowest BCUT2D eigenvalue weighted by Gasteiger charge is -2.02. The number of nitrogens with two attached hydrogens (primary N) is 1. The molecule has 0 aliphatic carbocycles. The van der Waals surface area contributed by atoms with E-state index in [1.54, 1.807) is 4.57 Å². The van der Waals surface area contributed by atoms with Gasteiger partial charge < -0.3 is 5.11 Å². The van der Waals surface area contributed by atoms with Crippen molar-refractivity contribution in [1.82, 2.24) is 4.57 Å². The second-order valence-electron chi connectivity index (χ2n) is 5.04. The van der Waals surface area contributed by atoms with E-state index >= 15 is 0 Å². The van der Waals surface area contributed by atoms with Crippen LogP contribution in [-0.2, 0) is 17.9 Å². The average Bonchev–Trinajstić information content (AvgIpc) is 2.75. The summed E-state index contributed by atoms with van der Waals surface area (Å²) in [6, 6.07) is 15.1. The highest BCUT2D eigenvalue weighted by molar-refractivity contribution is 6.30. The predicted octanol–water partition coefficient (Wildman–Crippen LogP) is 2.30. The number of nitrogen functional groups attached to an aromatic ring is 1. The molecule has 0 saturated carbocycles. The third-order valence-corrected chi connectivity index (χ3v) is 3.82. The van der Waals surface area contributed by atoms with Crippen molar-refractivity contribution >= 4 is 34.6 Å². The number of para-hydroxylation sites is 2. The average molecular weight is 317 g/mol. The van der Waals surface area contributed by atoms with E-state index in [4.69, 9.17) is 22.4 Å². The smallest absolute Gasteiger partial charge is 0.356 e. The van der Waals surface area contributed by atoms with Crippen molar-refractivity contribution in [2.45, 2.75) is 13.1 Å². The first kappa shape index (κ1) is 14.4. The molecular formula is C16H15ClN3O2+. The molecule has 0 saturated heterocycles. The topological polar surface area (TPSA) is 72.1 Å². The Hall–Kier alpha value is -2.53. The molecule has 0 radical (unpaired) electrons. The van der Waals surface area contributed by atoms with Crippen molar-refractivity contribution in [3.63, 3.8) is 0 Å². The lowest BCUT2D eigenvalue weighted by Crippen LogP contribution is -2.37. The lowest BCUT2D eigenvalue weighted by atomic mass is 10.2. The molecule has 3 aromatic rings. The highest BCUT2D eigenvalue weighted by Gasteiger charge is 2.22. The van der Waals surface area contributed by atoms with E-state index in [0.717, 1.165) is 16.6 Å². The summed E-state index contributed by atoms with van der Waals surface area (Å²) in [5.74, 6) is -0.510. The number of anilines is 1. The van der Waals surface area contributed by atoms with Crippen molar-refractivity contribution in [3.8, 4) is 0 Å². The number of carboxylic acids is 1. The molecule has 0 spiro atoms. The molecule has 0 unspecified atom stereocenters. The quantitative estimate of drug-likeness (QED) is 0.725. The Morgan fingerprint density at radius 1 is 1.18 bits per heavy atom. The van der Waals surface area contributed by atoms with E-state index in [9.17, 15) is 4.79 Å². The Bertz CT molecular complexity index is 840. The molecule has 0 aliphatic heterocycles. The van der Waals surface area contributed by atoms with Gasteiger partial charge in [-0.1, -0.05) is 35.9 Å². The highest BCUT2D eigenvalue weighted by atomic mass is 35.5. The standard InChI is InChI=1S/C16H14ClN3O2/c17-12-7-5-11(6-8-12)9-19-13-3-1-2-4-14(13)20(16(19)18)10-15(21)22/h1-8,18H,9-10H2,(H,21,22)/p+1. The summed E-state index contributed by atoms with van der Waals surface area (Å²) in [4.78, 5) is 11.1. The Kier molecular flexibility index (Phi) is 3.73. The number of aromatic nitrogens is 2.